The second-order valence-electron chi connectivity index (χ2n) is 3.18. The van der Waals surface area contributed by atoms with Crippen LogP contribution in [0.5, 0.6) is 0 Å². The fraction of sp³-hybridized carbons (Fsp3) is 0.625. The lowest BCUT2D eigenvalue weighted by Crippen LogP contribution is -2.29. The van der Waals surface area contributed by atoms with Gasteiger partial charge >= 0.3 is 5.97 Å². The van der Waals surface area contributed by atoms with E-state index < -0.39 is 23.7 Å². The number of carbonyl (C=O) groups is 3. The van der Waals surface area contributed by atoms with Gasteiger partial charge in [-0.25, -0.2) is 0 Å². The molecule has 1 aliphatic heterocycles. The Bertz CT molecular complexity index is 279. The van der Waals surface area contributed by atoms with E-state index in [0.717, 1.165) is 0 Å². The van der Waals surface area contributed by atoms with Crippen molar-refractivity contribution in [1.82, 2.24) is 5.32 Å². The standard InChI is InChI=1S/C8H9NO4/c1-2-13-8(12)5-3-4(5)7(11)9-6(3)10/h3-5H,2H2,1H3,(H,9,10,11)/t3-,4+,5?. The molecule has 2 rings (SSSR count). The van der Waals surface area contributed by atoms with Gasteiger partial charge in [-0.15, -0.1) is 0 Å². The predicted octanol–water partition coefficient (Wildman–Crippen LogP) is -0.932. The van der Waals surface area contributed by atoms with Crippen LogP contribution in [0.3, 0.4) is 0 Å². The molecule has 0 aromatic carbocycles. The van der Waals surface area contributed by atoms with Crippen LogP contribution in [-0.4, -0.2) is 24.4 Å². The van der Waals surface area contributed by atoms with Crippen LogP contribution >= 0.6 is 0 Å². The smallest absolute Gasteiger partial charge is 0.310 e. The van der Waals surface area contributed by atoms with Gasteiger partial charge in [-0.1, -0.05) is 0 Å². The summed E-state index contributed by atoms with van der Waals surface area (Å²) in [7, 11) is 0. The van der Waals surface area contributed by atoms with Crippen molar-refractivity contribution in [2.24, 2.45) is 17.8 Å². The summed E-state index contributed by atoms with van der Waals surface area (Å²) >= 11 is 0. The summed E-state index contributed by atoms with van der Waals surface area (Å²) in [4.78, 5) is 33.2. The zero-order valence-corrected chi connectivity index (χ0v) is 7.07. The molecule has 1 unspecified atom stereocenters. The van der Waals surface area contributed by atoms with Crippen molar-refractivity contribution in [2.45, 2.75) is 6.92 Å². The van der Waals surface area contributed by atoms with Gasteiger partial charge in [-0.05, 0) is 6.92 Å². The van der Waals surface area contributed by atoms with Crippen molar-refractivity contribution in [1.29, 1.82) is 0 Å². The van der Waals surface area contributed by atoms with Crippen LogP contribution in [0.1, 0.15) is 6.92 Å². The number of hydrogen-bond acceptors (Lipinski definition) is 4. The molecular formula is C8H9NO4. The van der Waals surface area contributed by atoms with E-state index in [0.29, 0.717) is 0 Å². The number of imide groups is 1. The highest BCUT2D eigenvalue weighted by molar-refractivity contribution is 6.13. The second-order valence-corrected chi connectivity index (χ2v) is 3.18. The van der Waals surface area contributed by atoms with Crippen molar-refractivity contribution < 1.29 is 19.1 Å². The van der Waals surface area contributed by atoms with Crippen LogP contribution in [0.4, 0.5) is 0 Å². The van der Waals surface area contributed by atoms with E-state index in [9.17, 15) is 14.4 Å². The largest absolute Gasteiger partial charge is 0.466 e. The fourth-order valence-corrected chi connectivity index (χ4v) is 1.78. The fourth-order valence-electron chi connectivity index (χ4n) is 1.78. The van der Waals surface area contributed by atoms with Crippen LogP contribution in [-0.2, 0) is 19.1 Å². The van der Waals surface area contributed by atoms with Gasteiger partial charge in [-0.3, -0.25) is 19.7 Å². The average molecular weight is 183 g/mol. The van der Waals surface area contributed by atoms with Crippen LogP contribution in [0.2, 0.25) is 0 Å². The Morgan fingerprint density at radius 2 is 1.92 bits per heavy atom. The van der Waals surface area contributed by atoms with Crippen LogP contribution in [0.25, 0.3) is 0 Å². The third-order valence-electron chi connectivity index (χ3n) is 2.43. The average Bonchev–Trinajstić information content (AvgIpc) is 2.72. The lowest BCUT2D eigenvalue weighted by Gasteiger charge is -2.02. The molecule has 0 radical (unpaired) electrons. The van der Waals surface area contributed by atoms with Crippen LogP contribution < -0.4 is 5.32 Å². The molecule has 13 heavy (non-hydrogen) atoms. The number of amides is 2. The zero-order valence-electron chi connectivity index (χ0n) is 7.07. The lowest BCUT2D eigenvalue weighted by atomic mass is 10.3. The topological polar surface area (TPSA) is 72.5 Å². The molecule has 1 heterocycles. The summed E-state index contributed by atoms with van der Waals surface area (Å²) in [6, 6.07) is 0. The Balaban J connectivity index is 2.04. The number of fused-ring (bicyclic) bond motifs is 1. The Morgan fingerprint density at radius 3 is 2.38 bits per heavy atom. The van der Waals surface area contributed by atoms with Gasteiger partial charge < -0.3 is 4.74 Å². The summed E-state index contributed by atoms with van der Waals surface area (Å²) in [5.41, 5.74) is 0. The van der Waals surface area contributed by atoms with E-state index in [1.165, 1.54) is 0 Å². The Hall–Kier alpha value is -1.39. The Morgan fingerprint density at radius 1 is 1.38 bits per heavy atom. The van der Waals surface area contributed by atoms with Gasteiger partial charge in [0.2, 0.25) is 11.8 Å². The van der Waals surface area contributed by atoms with E-state index in [1.807, 2.05) is 0 Å². The number of esters is 1. The van der Waals surface area contributed by atoms with Gasteiger partial charge in [0, 0.05) is 0 Å². The molecule has 0 bridgehead atoms. The highest BCUT2D eigenvalue weighted by atomic mass is 16.5. The molecule has 1 aliphatic carbocycles. The summed E-state index contributed by atoms with van der Waals surface area (Å²) in [5.74, 6) is -2.53. The van der Waals surface area contributed by atoms with Crippen molar-refractivity contribution in [3.63, 3.8) is 0 Å². The molecule has 1 saturated carbocycles. The third kappa shape index (κ3) is 1.03. The van der Waals surface area contributed by atoms with Crippen LogP contribution in [0, 0.1) is 17.8 Å². The summed E-state index contributed by atoms with van der Waals surface area (Å²) in [5, 5.41) is 2.16. The molecule has 5 nitrogen and oxygen atoms in total. The molecule has 0 aromatic rings. The minimum Gasteiger partial charge on any atom is -0.466 e. The first-order valence-corrected chi connectivity index (χ1v) is 4.18. The number of rotatable bonds is 2. The molecule has 1 N–H and O–H groups in total. The predicted molar refractivity (Wildman–Crippen MR) is 40.3 cm³/mol. The van der Waals surface area contributed by atoms with Crippen molar-refractivity contribution in [2.75, 3.05) is 6.61 Å². The van der Waals surface area contributed by atoms with Gasteiger partial charge in [-0.2, -0.15) is 0 Å². The second kappa shape index (κ2) is 2.55. The van der Waals surface area contributed by atoms with Gasteiger partial charge in [0.1, 0.15) is 0 Å². The SMILES string of the molecule is CCOC(=O)C1[C@H]2C(=O)NC(=O)[C@@H]12. The summed E-state index contributed by atoms with van der Waals surface area (Å²) in [6.45, 7) is 1.97. The van der Waals surface area contributed by atoms with Gasteiger partial charge in [0.05, 0.1) is 24.4 Å². The van der Waals surface area contributed by atoms with Gasteiger partial charge in [0.15, 0.2) is 0 Å². The van der Waals surface area contributed by atoms with Crippen molar-refractivity contribution in [3.8, 4) is 0 Å². The Labute approximate surface area is 74.4 Å². The first kappa shape index (κ1) is 8.22. The molecule has 0 spiro atoms. The molecule has 2 fully saturated rings. The molecular weight excluding hydrogens is 174 g/mol. The maximum atomic E-state index is 11.2. The maximum absolute atomic E-state index is 11.2. The highest BCUT2D eigenvalue weighted by Gasteiger charge is 2.68. The first-order chi connectivity index (χ1) is 6.16. The first-order valence-electron chi connectivity index (χ1n) is 4.18. The van der Waals surface area contributed by atoms with Crippen molar-refractivity contribution >= 4 is 17.8 Å². The number of carbonyl (C=O) groups excluding carboxylic acids is 3. The number of nitrogens with one attached hydrogen (secondary N) is 1. The number of piperidine rings is 1. The molecule has 2 amide bonds. The monoisotopic (exact) mass is 183 g/mol. The third-order valence-corrected chi connectivity index (χ3v) is 2.43. The van der Waals surface area contributed by atoms with Crippen molar-refractivity contribution in [3.05, 3.63) is 0 Å². The maximum Gasteiger partial charge on any atom is 0.310 e. The van der Waals surface area contributed by atoms with E-state index >= 15 is 0 Å². The minimum atomic E-state index is -0.513. The molecule has 70 valence electrons. The molecule has 0 aromatic heterocycles. The molecule has 1 saturated heterocycles. The van der Waals surface area contributed by atoms with Gasteiger partial charge in [0.25, 0.3) is 0 Å². The molecule has 3 atom stereocenters. The number of ether oxygens (including phenoxy) is 1. The van der Waals surface area contributed by atoms with E-state index in [-0.39, 0.29) is 18.4 Å². The Kier molecular flexibility index (Phi) is 1.61. The van der Waals surface area contributed by atoms with E-state index in [4.69, 9.17) is 4.74 Å². The van der Waals surface area contributed by atoms with Crippen LogP contribution in [0.15, 0.2) is 0 Å². The molecule has 2 aliphatic rings. The van der Waals surface area contributed by atoms with E-state index in [2.05, 4.69) is 5.32 Å². The molecule has 5 heteroatoms. The quantitative estimate of drug-likeness (QED) is 0.443. The van der Waals surface area contributed by atoms with E-state index in [1.54, 1.807) is 6.92 Å². The highest BCUT2D eigenvalue weighted by Crippen LogP contribution is 2.50. The normalized spacial score (nSPS) is 35.3. The minimum absolute atomic E-state index is 0.282. The summed E-state index contributed by atoms with van der Waals surface area (Å²) in [6.07, 6.45) is 0. The number of hydrogen-bond donors (Lipinski definition) is 1. The zero-order chi connectivity index (χ0) is 9.59. The lowest BCUT2D eigenvalue weighted by molar-refractivity contribution is -0.148. The summed E-state index contributed by atoms with van der Waals surface area (Å²) < 4.78 is 4.73.